The molecule has 3 heterocycles. The third-order valence-electron chi connectivity index (χ3n) is 5.27. The number of hydrogen-bond acceptors (Lipinski definition) is 9. The van der Waals surface area contributed by atoms with Gasteiger partial charge < -0.3 is 21.1 Å². The summed E-state index contributed by atoms with van der Waals surface area (Å²) in [6.07, 6.45) is 0. The van der Waals surface area contributed by atoms with Crippen molar-refractivity contribution in [1.29, 1.82) is 0 Å². The van der Waals surface area contributed by atoms with Crippen molar-refractivity contribution in [2.45, 2.75) is 6.92 Å². The minimum Gasteiger partial charge on any atom is -0.395 e. The van der Waals surface area contributed by atoms with Crippen LogP contribution in [0.15, 0.2) is 18.2 Å². The molecule has 1 amide bonds. The maximum Gasteiger partial charge on any atom is 0.261 e. The highest BCUT2D eigenvalue weighted by atomic mass is 35.5. The zero-order valence-electron chi connectivity index (χ0n) is 18.2. The Balaban J connectivity index is 1.62. The maximum absolute atomic E-state index is 14.5. The van der Waals surface area contributed by atoms with Gasteiger partial charge in [0.05, 0.1) is 17.2 Å². The van der Waals surface area contributed by atoms with Crippen molar-refractivity contribution in [3.63, 3.8) is 0 Å². The van der Waals surface area contributed by atoms with E-state index in [1.807, 2.05) is 0 Å². The van der Waals surface area contributed by atoms with Gasteiger partial charge in [0.2, 0.25) is 0 Å². The number of anilines is 3. The highest BCUT2D eigenvalue weighted by Crippen LogP contribution is 2.38. The Morgan fingerprint density at radius 2 is 1.94 bits per heavy atom. The molecule has 0 aliphatic carbocycles. The van der Waals surface area contributed by atoms with E-state index in [1.54, 1.807) is 13.0 Å². The highest BCUT2D eigenvalue weighted by molar-refractivity contribution is 7.18. The van der Waals surface area contributed by atoms with Crippen molar-refractivity contribution in [1.82, 2.24) is 19.9 Å². The van der Waals surface area contributed by atoms with Gasteiger partial charge in [-0.3, -0.25) is 9.69 Å². The van der Waals surface area contributed by atoms with Gasteiger partial charge in [-0.1, -0.05) is 22.9 Å². The van der Waals surface area contributed by atoms with Gasteiger partial charge in [-0.2, -0.15) is 0 Å². The summed E-state index contributed by atoms with van der Waals surface area (Å²) in [7, 11) is 0. The molecular weight excluding hydrogens is 488 g/mol. The monoisotopic (exact) mass is 509 g/mol. The van der Waals surface area contributed by atoms with Crippen LogP contribution in [0.5, 0.6) is 0 Å². The van der Waals surface area contributed by atoms with Crippen molar-refractivity contribution in [3.8, 4) is 11.3 Å². The number of nitrogens with two attached hydrogens (primary N) is 1. The number of carbonyl (C=O) groups excluding carboxylic acids is 1. The molecule has 1 aliphatic heterocycles. The van der Waals surface area contributed by atoms with E-state index in [0.717, 1.165) is 49.4 Å². The Hall–Kier alpha value is -2.93. The number of nitrogens with zero attached hydrogens (tertiary/aromatic N) is 5. The van der Waals surface area contributed by atoms with Crippen molar-refractivity contribution in [2.75, 3.05) is 49.5 Å². The number of hydrogen-bond donors (Lipinski definition) is 3. The normalized spacial score (nSPS) is 14.4. The van der Waals surface area contributed by atoms with E-state index in [9.17, 15) is 13.6 Å². The van der Waals surface area contributed by atoms with Crippen LogP contribution in [0.25, 0.3) is 11.3 Å². The Morgan fingerprint density at radius 1 is 1.21 bits per heavy atom. The molecule has 4 rings (SSSR count). The largest absolute Gasteiger partial charge is 0.395 e. The van der Waals surface area contributed by atoms with Crippen molar-refractivity contribution >= 4 is 45.6 Å². The Labute approximate surface area is 203 Å². The molecule has 0 atom stereocenters. The second-order valence-electron chi connectivity index (χ2n) is 7.64. The molecule has 13 heteroatoms. The van der Waals surface area contributed by atoms with Crippen LogP contribution in [0.4, 0.5) is 25.5 Å². The van der Waals surface area contributed by atoms with Crippen molar-refractivity contribution < 1.29 is 18.7 Å². The van der Waals surface area contributed by atoms with Crippen LogP contribution in [0.1, 0.15) is 15.5 Å². The lowest BCUT2D eigenvalue weighted by molar-refractivity contribution is 0.100. The zero-order valence-corrected chi connectivity index (χ0v) is 19.8. The number of piperazine rings is 1. The number of aryl methyl sites for hydroxylation is 1. The van der Waals surface area contributed by atoms with Crippen LogP contribution in [-0.2, 0) is 0 Å². The third kappa shape index (κ3) is 5.25. The van der Waals surface area contributed by atoms with E-state index in [0.29, 0.717) is 24.3 Å². The Bertz CT molecular complexity index is 1190. The van der Waals surface area contributed by atoms with E-state index < -0.39 is 17.5 Å². The molecule has 180 valence electrons. The molecule has 3 aromatic rings. The molecule has 1 aliphatic rings. The van der Waals surface area contributed by atoms with Gasteiger partial charge in [0.15, 0.2) is 5.13 Å². The number of nitrogens with one attached hydrogen (secondary N) is 1. The summed E-state index contributed by atoms with van der Waals surface area (Å²) in [4.78, 5) is 29.5. The van der Waals surface area contributed by atoms with Crippen LogP contribution >= 0.6 is 22.9 Å². The number of aromatic nitrogens is 3. The molecule has 0 unspecified atom stereocenters. The summed E-state index contributed by atoms with van der Waals surface area (Å²) in [5.74, 6) is -0.940. The topological polar surface area (TPSA) is 120 Å². The average Bonchev–Trinajstić information content (AvgIpc) is 3.17. The standard InChI is InChI=1S/C21H22ClF2N7O2S/c1-11-26-15(10-16(27-11)31-4-2-30(3-5-31)6-7-32)28-21-29-18(19(34-21)20(25)33)17-13(22)8-12(23)9-14(17)24/h8-10,32H,2-7H2,1H3,(H2,25,33)(H,26,27,28,29). The van der Waals surface area contributed by atoms with Gasteiger partial charge in [-0.05, 0) is 13.0 Å². The van der Waals surface area contributed by atoms with Crippen LogP contribution in [0, 0.1) is 18.6 Å². The minimum atomic E-state index is -0.954. The summed E-state index contributed by atoms with van der Waals surface area (Å²) in [5, 5.41) is 12.2. The first-order valence-corrected chi connectivity index (χ1v) is 11.6. The molecule has 9 nitrogen and oxygen atoms in total. The lowest BCUT2D eigenvalue weighted by Crippen LogP contribution is -2.47. The van der Waals surface area contributed by atoms with Gasteiger partial charge in [0.25, 0.3) is 5.91 Å². The molecule has 0 saturated carbocycles. The molecule has 0 radical (unpaired) electrons. The molecule has 34 heavy (non-hydrogen) atoms. The van der Waals surface area contributed by atoms with E-state index >= 15 is 0 Å². The number of halogens is 3. The predicted octanol–water partition coefficient (Wildman–Crippen LogP) is 2.80. The Kier molecular flexibility index (Phi) is 7.22. The van der Waals surface area contributed by atoms with E-state index in [4.69, 9.17) is 22.4 Å². The molecular formula is C21H22ClF2N7O2S. The fourth-order valence-electron chi connectivity index (χ4n) is 3.71. The van der Waals surface area contributed by atoms with Gasteiger partial charge in [0, 0.05) is 44.9 Å². The predicted molar refractivity (Wildman–Crippen MR) is 127 cm³/mol. The van der Waals surface area contributed by atoms with Crippen LogP contribution in [-0.4, -0.2) is 70.2 Å². The second-order valence-corrected chi connectivity index (χ2v) is 9.05. The summed E-state index contributed by atoms with van der Waals surface area (Å²) >= 11 is 6.95. The highest BCUT2D eigenvalue weighted by Gasteiger charge is 2.24. The van der Waals surface area contributed by atoms with Gasteiger partial charge in [0.1, 0.15) is 39.7 Å². The van der Waals surface area contributed by atoms with Crippen LogP contribution < -0.4 is 16.0 Å². The van der Waals surface area contributed by atoms with Crippen LogP contribution in [0.3, 0.4) is 0 Å². The first-order chi connectivity index (χ1) is 16.2. The second kappa shape index (κ2) is 10.1. The number of amides is 1. The number of carbonyl (C=O) groups is 1. The number of thiazole rings is 1. The smallest absolute Gasteiger partial charge is 0.261 e. The Morgan fingerprint density at radius 3 is 2.59 bits per heavy atom. The van der Waals surface area contributed by atoms with Gasteiger partial charge in [-0.15, -0.1) is 0 Å². The molecule has 4 N–H and O–H groups in total. The molecule has 0 spiro atoms. The average molecular weight is 510 g/mol. The molecule has 1 fully saturated rings. The lowest BCUT2D eigenvalue weighted by Gasteiger charge is -2.35. The summed E-state index contributed by atoms with van der Waals surface area (Å²) in [5.41, 5.74) is 5.20. The number of aliphatic hydroxyl groups is 1. The van der Waals surface area contributed by atoms with E-state index in [1.165, 1.54) is 0 Å². The summed E-state index contributed by atoms with van der Waals surface area (Å²) in [6, 6.07) is 3.36. The molecule has 0 bridgehead atoms. The zero-order chi connectivity index (χ0) is 24.4. The fraction of sp³-hybridized carbons (Fsp3) is 0.333. The minimum absolute atomic E-state index is 0.0269. The summed E-state index contributed by atoms with van der Waals surface area (Å²) < 4.78 is 28.0. The van der Waals surface area contributed by atoms with Gasteiger partial charge >= 0.3 is 0 Å². The van der Waals surface area contributed by atoms with Gasteiger partial charge in [-0.25, -0.2) is 23.7 Å². The maximum atomic E-state index is 14.5. The van der Waals surface area contributed by atoms with E-state index in [2.05, 4.69) is 30.1 Å². The summed E-state index contributed by atoms with van der Waals surface area (Å²) in [6.45, 7) is 5.60. The quantitative estimate of drug-likeness (QED) is 0.444. The molecule has 1 saturated heterocycles. The molecule has 2 aromatic heterocycles. The SMILES string of the molecule is Cc1nc(Nc2nc(-c3c(F)cc(F)cc3Cl)c(C(N)=O)s2)cc(N2CCN(CCO)CC2)n1. The molecule has 1 aromatic carbocycles. The number of benzene rings is 1. The van der Waals surface area contributed by atoms with Crippen LogP contribution in [0.2, 0.25) is 5.02 Å². The number of β-amino-alcohol motifs (C(OH)–C–C–N with tert-alkyl or cyclic N) is 1. The fourth-order valence-corrected chi connectivity index (χ4v) is 4.82. The van der Waals surface area contributed by atoms with Crippen molar-refractivity contribution in [3.05, 3.63) is 45.6 Å². The first-order valence-electron chi connectivity index (χ1n) is 10.4. The van der Waals surface area contributed by atoms with E-state index in [-0.39, 0.29) is 32.9 Å². The first kappa shape index (κ1) is 24.2. The number of rotatable bonds is 7. The van der Waals surface area contributed by atoms with Crippen molar-refractivity contribution in [2.24, 2.45) is 5.73 Å². The number of aliphatic hydroxyl groups excluding tert-OH is 1. The lowest BCUT2D eigenvalue weighted by atomic mass is 10.1. The third-order valence-corrected chi connectivity index (χ3v) is 6.55. The number of primary amides is 1.